The lowest BCUT2D eigenvalue weighted by atomic mass is 10.9. The highest BCUT2D eigenvalue weighted by atomic mass is 35.5. The van der Waals surface area contributed by atoms with Gasteiger partial charge in [0, 0.05) is 6.07 Å². The van der Waals surface area contributed by atoms with Gasteiger partial charge in [0.25, 0.3) is 0 Å². The van der Waals surface area contributed by atoms with E-state index in [1.54, 1.807) is 0 Å². The summed E-state index contributed by atoms with van der Waals surface area (Å²) in [5.74, 6) is 0.0903. The standard InChI is InChI=1S/C4H3Cl2N3/c5-2-1-3(6)9-4(7)8-2/h1H,(H2,7,8,9)/i1+1. The van der Waals surface area contributed by atoms with Crippen LogP contribution >= 0.6 is 23.2 Å². The van der Waals surface area contributed by atoms with Crippen LogP contribution in [-0.4, -0.2) is 9.97 Å². The van der Waals surface area contributed by atoms with Gasteiger partial charge < -0.3 is 5.73 Å². The van der Waals surface area contributed by atoms with E-state index >= 15 is 0 Å². The number of halogens is 2. The molecule has 0 aliphatic carbocycles. The number of hydrogen-bond donors (Lipinski definition) is 1. The summed E-state index contributed by atoms with van der Waals surface area (Å²) in [6, 6.07) is 1.42. The second-order valence-corrected chi connectivity index (χ2v) is 2.15. The molecule has 5 heteroatoms. The average molecular weight is 165 g/mol. The van der Waals surface area contributed by atoms with E-state index in [1.807, 2.05) is 0 Å². The number of anilines is 1. The smallest absolute Gasteiger partial charge is 0.222 e. The Morgan fingerprint density at radius 3 is 2.00 bits per heavy atom. The zero-order chi connectivity index (χ0) is 6.85. The van der Waals surface area contributed by atoms with Gasteiger partial charge in [-0.15, -0.1) is 0 Å². The van der Waals surface area contributed by atoms with Gasteiger partial charge >= 0.3 is 0 Å². The lowest BCUT2D eigenvalue weighted by Crippen LogP contribution is -1.93. The van der Waals surface area contributed by atoms with Crippen LogP contribution in [0.3, 0.4) is 0 Å². The van der Waals surface area contributed by atoms with Crippen LogP contribution in [0.1, 0.15) is 0 Å². The molecule has 0 bridgehead atoms. The van der Waals surface area contributed by atoms with Crippen molar-refractivity contribution in [1.82, 2.24) is 9.97 Å². The SMILES string of the molecule is Nc1nc(Cl)[13cH]c(Cl)n1. The minimum absolute atomic E-state index is 0.0903. The molecule has 0 aliphatic rings. The molecular formula is C4H3Cl2N3. The number of rotatable bonds is 0. The highest BCUT2D eigenvalue weighted by molar-refractivity contribution is 6.33. The van der Waals surface area contributed by atoms with E-state index in [0.717, 1.165) is 0 Å². The summed E-state index contributed by atoms with van der Waals surface area (Å²) in [6.45, 7) is 0. The Hall–Kier alpha value is -0.540. The molecule has 1 aromatic heterocycles. The summed E-state index contributed by atoms with van der Waals surface area (Å²) < 4.78 is 0. The van der Waals surface area contributed by atoms with Crippen molar-refractivity contribution in [2.24, 2.45) is 0 Å². The Kier molecular flexibility index (Phi) is 1.73. The lowest BCUT2D eigenvalue weighted by molar-refractivity contribution is 1.19. The van der Waals surface area contributed by atoms with E-state index in [0.29, 0.717) is 0 Å². The molecule has 0 saturated heterocycles. The Labute approximate surface area is 61.8 Å². The van der Waals surface area contributed by atoms with E-state index in [1.165, 1.54) is 6.07 Å². The summed E-state index contributed by atoms with van der Waals surface area (Å²) in [7, 11) is 0. The quantitative estimate of drug-likeness (QED) is 0.590. The van der Waals surface area contributed by atoms with Gasteiger partial charge in [-0.2, -0.15) is 0 Å². The van der Waals surface area contributed by atoms with Crippen LogP contribution in [-0.2, 0) is 0 Å². The number of aromatic nitrogens is 2. The van der Waals surface area contributed by atoms with Crippen molar-refractivity contribution in [2.75, 3.05) is 5.73 Å². The molecule has 0 saturated carbocycles. The Morgan fingerprint density at radius 2 is 1.67 bits per heavy atom. The normalized spacial score (nSPS) is 9.56. The van der Waals surface area contributed by atoms with Crippen LogP contribution in [0, 0.1) is 0 Å². The zero-order valence-corrected chi connectivity index (χ0v) is 5.82. The molecule has 0 unspecified atom stereocenters. The predicted octanol–water partition coefficient (Wildman–Crippen LogP) is 1.37. The van der Waals surface area contributed by atoms with Crippen LogP contribution < -0.4 is 5.73 Å². The maximum Gasteiger partial charge on any atom is 0.222 e. The van der Waals surface area contributed by atoms with Crippen LogP contribution in [0.15, 0.2) is 6.07 Å². The van der Waals surface area contributed by atoms with Gasteiger partial charge in [-0.1, -0.05) is 23.2 Å². The van der Waals surface area contributed by atoms with E-state index in [-0.39, 0.29) is 16.3 Å². The van der Waals surface area contributed by atoms with Crippen LogP contribution in [0.2, 0.25) is 10.3 Å². The summed E-state index contributed by atoms with van der Waals surface area (Å²) in [5.41, 5.74) is 5.17. The topological polar surface area (TPSA) is 51.8 Å². The predicted molar refractivity (Wildman–Crippen MR) is 36.5 cm³/mol. The van der Waals surface area contributed by atoms with Gasteiger partial charge in [0.2, 0.25) is 5.95 Å². The molecule has 48 valence electrons. The highest BCUT2D eigenvalue weighted by Crippen LogP contribution is 2.11. The fourth-order valence-corrected chi connectivity index (χ4v) is 0.842. The lowest BCUT2D eigenvalue weighted by Gasteiger charge is -1.91. The summed E-state index contributed by atoms with van der Waals surface area (Å²) in [6.07, 6.45) is 0. The van der Waals surface area contributed by atoms with Gasteiger partial charge in [-0.25, -0.2) is 9.97 Å². The van der Waals surface area contributed by atoms with Gasteiger partial charge in [-0.3, -0.25) is 0 Å². The molecule has 9 heavy (non-hydrogen) atoms. The average Bonchev–Trinajstić information content (AvgIpc) is 1.59. The molecule has 0 amide bonds. The molecule has 3 nitrogen and oxygen atoms in total. The van der Waals surface area contributed by atoms with Crippen LogP contribution in [0.4, 0.5) is 5.95 Å². The van der Waals surface area contributed by atoms with E-state index in [4.69, 9.17) is 28.9 Å². The van der Waals surface area contributed by atoms with Crippen molar-refractivity contribution in [3.63, 3.8) is 0 Å². The summed E-state index contributed by atoms with van der Waals surface area (Å²) in [4.78, 5) is 7.16. The van der Waals surface area contributed by atoms with E-state index in [9.17, 15) is 0 Å². The first kappa shape index (κ1) is 6.58. The monoisotopic (exact) mass is 164 g/mol. The third-order valence-electron chi connectivity index (χ3n) is 0.681. The number of nitrogens with two attached hydrogens (primary N) is 1. The molecule has 1 rings (SSSR count). The molecule has 0 aromatic carbocycles. The second-order valence-electron chi connectivity index (χ2n) is 1.37. The zero-order valence-electron chi connectivity index (χ0n) is 4.31. The maximum absolute atomic E-state index is 5.43. The largest absolute Gasteiger partial charge is 0.368 e. The van der Waals surface area contributed by atoms with Crippen molar-refractivity contribution in [2.45, 2.75) is 0 Å². The highest BCUT2D eigenvalue weighted by Gasteiger charge is 1.94. The molecule has 0 aliphatic heterocycles. The first-order chi connectivity index (χ1) is 4.18. The number of nitrogens with zero attached hydrogens (tertiary/aromatic N) is 2. The van der Waals surface area contributed by atoms with Crippen molar-refractivity contribution < 1.29 is 0 Å². The maximum atomic E-state index is 5.43. The minimum Gasteiger partial charge on any atom is -0.368 e. The van der Waals surface area contributed by atoms with Gasteiger partial charge in [0.1, 0.15) is 10.3 Å². The summed E-state index contributed by atoms with van der Waals surface area (Å²) in [5, 5.41) is 0.514. The van der Waals surface area contributed by atoms with Crippen molar-refractivity contribution in [3.05, 3.63) is 16.4 Å². The Bertz CT molecular complexity index is 175. The molecular weight excluding hydrogens is 162 g/mol. The number of nitrogen functional groups attached to an aromatic ring is 1. The fraction of sp³-hybridized carbons (Fsp3) is 0. The van der Waals surface area contributed by atoms with Crippen LogP contribution in [0.25, 0.3) is 0 Å². The van der Waals surface area contributed by atoms with E-state index < -0.39 is 0 Å². The van der Waals surface area contributed by atoms with Crippen molar-refractivity contribution >= 4 is 29.2 Å². The molecule has 0 spiro atoms. The molecule has 0 fully saturated rings. The number of hydrogen-bond acceptors (Lipinski definition) is 3. The second kappa shape index (κ2) is 2.37. The third-order valence-corrected chi connectivity index (χ3v) is 1.07. The third kappa shape index (κ3) is 1.69. The molecule has 0 atom stereocenters. The van der Waals surface area contributed by atoms with Crippen molar-refractivity contribution in [3.8, 4) is 0 Å². The van der Waals surface area contributed by atoms with E-state index in [2.05, 4.69) is 9.97 Å². The molecule has 1 heterocycles. The molecule has 1 aromatic rings. The first-order valence-electron chi connectivity index (χ1n) is 2.14. The van der Waals surface area contributed by atoms with Gasteiger partial charge in [0.05, 0.1) is 0 Å². The Morgan fingerprint density at radius 1 is 1.22 bits per heavy atom. The molecule has 2 N–H and O–H groups in total. The summed E-state index contributed by atoms with van der Waals surface area (Å²) >= 11 is 10.9. The minimum atomic E-state index is 0.0903. The van der Waals surface area contributed by atoms with Gasteiger partial charge in [-0.05, 0) is 0 Å². The Balaban J connectivity index is 3.17. The fourth-order valence-electron chi connectivity index (χ4n) is 0.407. The first-order valence-corrected chi connectivity index (χ1v) is 2.89. The van der Waals surface area contributed by atoms with Gasteiger partial charge in [0.15, 0.2) is 0 Å². The van der Waals surface area contributed by atoms with Crippen molar-refractivity contribution in [1.29, 1.82) is 0 Å². The molecule has 0 radical (unpaired) electrons. The van der Waals surface area contributed by atoms with Crippen LogP contribution in [0.5, 0.6) is 0 Å².